The van der Waals surface area contributed by atoms with Crippen LogP contribution in [0.4, 0.5) is 0 Å². The highest BCUT2D eigenvalue weighted by Gasteiger charge is 2.18. The molecular weight excluding hydrogens is 148 g/mol. The molecular formula is C11H18O. The monoisotopic (exact) mass is 166 g/mol. The van der Waals surface area contributed by atoms with Gasteiger partial charge in [-0.15, -0.1) is 0 Å². The highest BCUT2D eigenvalue weighted by molar-refractivity contribution is 5.78. The fourth-order valence-electron chi connectivity index (χ4n) is 1.86. The van der Waals surface area contributed by atoms with E-state index >= 15 is 0 Å². The Morgan fingerprint density at radius 3 is 3.00 bits per heavy atom. The largest absolute Gasteiger partial charge is 0.300 e. The number of hydrogen-bond donors (Lipinski definition) is 0. The molecule has 0 aromatic rings. The lowest BCUT2D eigenvalue weighted by Gasteiger charge is -2.19. The van der Waals surface area contributed by atoms with Crippen molar-refractivity contribution in [2.24, 2.45) is 5.92 Å². The van der Waals surface area contributed by atoms with E-state index in [1.165, 1.54) is 18.4 Å². The molecule has 0 aliphatic heterocycles. The Morgan fingerprint density at radius 2 is 2.42 bits per heavy atom. The summed E-state index contributed by atoms with van der Waals surface area (Å²) in [5, 5.41) is 0. The van der Waals surface area contributed by atoms with Gasteiger partial charge in [0.15, 0.2) is 0 Å². The van der Waals surface area contributed by atoms with Crippen molar-refractivity contribution in [1.82, 2.24) is 0 Å². The number of Topliss-reactive ketones (excluding diaryl/α,β-unsaturated/α-hetero) is 1. The molecule has 1 heteroatoms. The van der Waals surface area contributed by atoms with Crippen molar-refractivity contribution < 1.29 is 4.79 Å². The lowest BCUT2D eigenvalue weighted by Crippen LogP contribution is -2.14. The maximum atomic E-state index is 11.1. The van der Waals surface area contributed by atoms with E-state index in [1.54, 1.807) is 6.92 Å². The molecule has 0 saturated heterocycles. The summed E-state index contributed by atoms with van der Waals surface area (Å²) in [4.78, 5) is 11.1. The summed E-state index contributed by atoms with van der Waals surface area (Å²) in [5.41, 5.74) is 1.50. The lowest BCUT2D eigenvalue weighted by atomic mass is 9.85. The van der Waals surface area contributed by atoms with Crippen LogP contribution in [0.25, 0.3) is 0 Å². The summed E-state index contributed by atoms with van der Waals surface area (Å²) in [6.07, 6.45) is 7.93. The Morgan fingerprint density at radius 1 is 1.67 bits per heavy atom. The van der Waals surface area contributed by atoms with E-state index in [1.807, 2.05) is 0 Å². The van der Waals surface area contributed by atoms with Gasteiger partial charge in [0.2, 0.25) is 0 Å². The summed E-state index contributed by atoms with van der Waals surface area (Å²) < 4.78 is 0. The zero-order valence-electron chi connectivity index (χ0n) is 8.10. The van der Waals surface area contributed by atoms with Crippen molar-refractivity contribution in [1.29, 1.82) is 0 Å². The molecule has 0 amide bonds. The molecule has 0 spiro atoms. The predicted octanol–water partition coefficient (Wildman–Crippen LogP) is 3.10. The number of rotatable bonds is 3. The highest BCUT2D eigenvalue weighted by atomic mass is 16.1. The number of allylic oxidation sites excluding steroid dienone is 2. The molecule has 0 N–H and O–H groups in total. The molecule has 12 heavy (non-hydrogen) atoms. The maximum absolute atomic E-state index is 11.1. The first-order chi connectivity index (χ1) is 5.74. The quantitative estimate of drug-likeness (QED) is 0.589. The van der Waals surface area contributed by atoms with E-state index < -0.39 is 0 Å². The van der Waals surface area contributed by atoms with Gasteiger partial charge in [-0.05, 0) is 32.6 Å². The second-order valence-corrected chi connectivity index (χ2v) is 3.70. The first-order valence-corrected chi connectivity index (χ1v) is 4.92. The minimum atomic E-state index is 0.330. The van der Waals surface area contributed by atoms with Gasteiger partial charge in [-0.3, -0.25) is 4.79 Å². The van der Waals surface area contributed by atoms with Crippen LogP contribution in [0.15, 0.2) is 11.6 Å². The van der Waals surface area contributed by atoms with Crippen molar-refractivity contribution in [3.05, 3.63) is 11.6 Å². The molecule has 0 aromatic carbocycles. The molecule has 0 bridgehead atoms. The minimum Gasteiger partial charge on any atom is -0.300 e. The summed E-state index contributed by atoms with van der Waals surface area (Å²) in [5.74, 6) is 0.702. The molecule has 0 aromatic heterocycles. The summed E-state index contributed by atoms with van der Waals surface area (Å²) in [7, 11) is 0. The van der Waals surface area contributed by atoms with Crippen LogP contribution < -0.4 is 0 Å². The summed E-state index contributed by atoms with van der Waals surface area (Å²) >= 11 is 0. The Bertz CT molecular complexity index is 191. The van der Waals surface area contributed by atoms with Gasteiger partial charge in [0.1, 0.15) is 5.78 Å². The second kappa shape index (κ2) is 4.44. The van der Waals surface area contributed by atoms with Gasteiger partial charge < -0.3 is 0 Å². The van der Waals surface area contributed by atoms with Crippen LogP contribution in [0, 0.1) is 5.92 Å². The van der Waals surface area contributed by atoms with E-state index in [0.717, 1.165) is 19.3 Å². The molecule has 0 fully saturated rings. The predicted molar refractivity (Wildman–Crippen MR) is 51.0 cm³/mol. The normalized spacial score (nSPS) is 23.5. The van der Waals surface area contributed by atoms with E-state index in [4.69, 9.17) is 0 Å². The third-order valence-electron chi connectivity index (χ3n) is 2.60. The lowest BCUT2D eigenvalue weighted by molar-refractivity contribution is -0.121. The third kappa shape index (κ3) is 2.47. The number of ketones is 1. The van der Waals surface area contributed by atoms with Gasteiger partial charge in [0.05, 0.1) is 0 Å². The van der Waals surface area contributed by atoms with Gasteiger partial charge in [0.25, 0.3) is 0 Å². The Labute approximate surface area is 74.9 Å². The van der Waals surface area contributed by atoms with Crippen LogP contribution in [0.2, 0.25) is 0 Å². The maximum Gasteiger partial charge on any atom is 0.133 e. The summed E-state index contributed by atoms with van der Waals surface area (Å²) in [6.45, 7) is 3.91. The number of hydrogen-bond acceptors (Lipinski definition) is 1. The van der Waals surface area contributed by atoms with Crippen molar-refractivity contribution in [2.75, 3.05) is 0 Å². The highest BCUT2D eigenvalue weighted by Crippen LogP contribution is 2.27. The Kier molecular flexibility index (Phi) is 3.51. The van der Waals surface area contributed by atoms with Crippen LogP contribution in [0.5, 0.6) is 0 Å². The zero-order valence-corrected chi connectivity index (χ0v) is 8.10. The van der Waals surface area contributed by atoms with Gasteiger partial charge in [-0.1, -0.05) is 25.0 Å². The summed E-state index contributed by atoms with van der Waals surface area (Å²) in [6, 6.07) is 0. The molecule has 0 radical (unpaired) electrons. The standard InChI is InChI=1S/C11H18O/c1-3-5-10-6-4-7-11(8-10)9(2)12/h6,11H,3-5,7-8H2,1-2H3. The molecule has 1 unspecified atom stereocenters. The van der Waals surface area contributed by atoms with Gasteiger partial charge in [-0.25, -0.2) is 0 Å². The van der Waals surface area contributed by atoms with Gasteiger partial charge in [0, 0.05) is 5.92 Å². The van der Waals surface area contributed by atoms with Crippen LogP contribution in [-0.2, 0) is 4.79 Å². The topological polar surface area (TPSA) is 17.1 Å². The van der Waals surface area contributed by atoms with E-state index in [2.05, 4.69) is 13.0 Å². The average Bonchev–Trinajstić information content (AvgIpc) is 2.05. The average molecular weight is 166 g/mol. The molecule has 1 rings (SSSR count). The Hall–Kier alpha value is -0.590. The minimum absolute atomic E-state index is 0.330. The van der Waals surface area contributed by atoms with Crippen LogP contribution >= 0.6 is 0 Å². The Balaban J connectivity index is 2.47. The number of carbonyl (C=O) groups excluding carboxylic acids is 1. The zero-order chi connectivity index (χ0) is 8.97. The van der Waals surface area contributed by atoms with Crippen LogP contribution in [-0.4, -0.2) is 5.78 Å². The smallest absolute Gasteiger partial charge is 0.133 e. The van der Waals surface area contributed by atoms with E-state index in [0.29, 0.717) is 11.7 Å². The fraction of sp³-hybridized carbons (Fsp3) is 0.727. The molecule has 68 valence electrons. The SMILES string of the molecule is CCCC1=CCCC(C(C)=O)C1. The van der Waals surface area contributed by atoms with Crippen molar-refractivity contribution >= 4 is 5.78 Å². The molecule has 1 aliphatic carbocycles. The van der Waals surface area contributed by atoms with Crippen molar-refractivity contribution in [2.45, 2.75) is 46.0 Å². The second-order valence-electron chi connectivity index (χ2n) is 3.70. The molecule has 1 aliphatic rings. The molecule has 0 saturated carbocycles. The van der Waals surface area contributed by atoms with Gasteiger partial charge >= 0.3 is 0 Å². The number of carbonyl (C=O) groups is 1. The van der Waals surface area contributed by atoms with Crippen molar-refractivity contribution in [3.63, 3.8) is 0 Å². The van der Waals surface area contributed by atoms with E-state index in [9.17, 15) is 4.79 Å². The molecule has 1 atom stereocenters. The van der Waals surface area contributed by atoms with E-state index in [-0.39, 0.29) is 0 Å². The first kappa shape index (κ1) is 9.50. The van der Waals surface area contributed by atoms with Crippen molar-refractivity contribution in [3.8, 4) is 0 Å². The van der Waals surface area contributed by atoms with Crippen LogP contribution in [0.1, 0.15) is 46.0 Å². The van der Waals surface area contributed by atoms with Gasteiger partial charge in [-0.2, -0.15) is 0 Å². The third-order valence-corrected chi connectivity index (χ3v) is 2.60. The molecule has 0 heterocycles. The van der Waals surface area contributed by atoms with Crippen LogP contribution in [0.3, 0.4) is 0 Å². The fourth-order valence-corrected chi connectivity index (χ4v) is 1.86. The first-order valence-electron chi connectivity index (χ1n) is 4.92. The molecule has 1 nitrogen and oxygen atoms in total.